The monoisotopic (exact) mass is 293 g/mol. The largest absolute Gasteiger partial charge is 0.489 e. The molecule has 0 unspecified atom stereocenters. The van der Waals surface area contributed by atoms with Crippen LogP contribution in [0.5, 0.6) is 5.75 Å². The molecule has 1 N–H and O–H groups in total. The molecule has 4 nitrogen and oxygen atoms in total. The fourth-order valence-corrected chi connectivity index (χ4v) is 3.07. The summed E-state index contributed by atoms with van der Waals surface area (Å²) in [5.74, 6) is 0.931. The van der Waals surface area contributed by atoms with Gasteiger partial charge in [0.2, 0.25) is 0 Å². The van der Waals surface area contributed by atoms with Gasteiger partial charge >= 0.3 is 0 Å². The molecule has 1 aliphatic heterocycles. The van der Waals surface area contributed by atoms with Crippen molar-refractivity contribution < 1.29 is 4.74 Å². The molecular weight excluding hydrogens is 274 g/mol. The van der Waals surface area contributed by atoms with E-state index < -0.39 is 0 Å². The van der Waals surface area contributed by atoms with Crippen LogP contribution in [-0.4, -0.2) is 34.3 Å². The van der Waals surface area contributed by atoms with Gasteiger partial charge in [-0.25, -0.2) is 0 Å². The molecule has 0 spiro atoms. The summed E-state index contributed by atoms with van der Waals surface area (Å²) in [5, 5.41) is 8.10. The molecule has 4 rings (SSSR count). The Morgan fingerprint density at radius 2 is 2.09 bits per heavy atom. The van der Waals surface area contributed by atoms with E-state index >= 15 is 0 Å². The molecule has 2 heterocycles. The lowest BCUT2D eigenvalue weighted by atomic mass is 10.2. The number of hydrogen-bond donors (Lipinski definition) is 1. The highest BCUT2D eigenvalue weighted by molar-refractivity contribution is 5.79. The van der Waals surface area contributed by atoms with E-state index in [0.717, 1.165) is 42.7 Å². The molecule has 1 aliphatic rings. The van der Waals surface area contributed by atoms with Crippen molar-refractivity contribution in [2.24, 2.45) is 0 Å². The van der Waals surface area contributed by atoms with Crippen molar-refractivity contribution >= 4 is 10.9 Å². The highest BCUT2D eigenvalue weighted by Crippen LogP contribution is 2.23. The number of benzene rings is 2. The highest BCUT2D eigenvalue weighted by atomic mass is 16.5. The van der Waals surface area contributed by atoms with Crippen molar-refractivity contribution in [2.75, 3.05) is 13.1 Å². The fourth-order valence-electron chi connectivity index (χ4n) is 3.07. The molecule has 1 atom stereocenters. The first-order chi connectivity index (χ1) is 10.9. The number of nitrogens with zero attached hydrogens (tertiary/aromatic N) is 2. The zero-order valence-electron chi connectivity index (χ0n) is 12.4. The third-order valence-corrected chi connectivity index (χ3v) is 4.19. The maximum absolute atomic E-state index is 6.14. The summed E-state index contributed by atoms with van der Waals surface area (Å²) < 4.78 is 6.14. The number of fused-ring (bicyclic) bond motifs is 1. The quantitative estimate of drug-likeness (QED) is 0.803. The zero-order valence-corrected chi connectivity index (χ0v) is 12.4. The van der Waals surface area contributed by atoms with Gasteiger partial charge in [0.15, 0.2) is 0 Å². The van der Waals surface area contributed by atoms with E-state index in [-0.39, 0.29) is 6.10 Å². The predicted octanol–water partition coefficient (Wildman–Crippen LogP) is 3.22. The smallest absolute Gasteiger partial charge is 0.120 e. The number of likely N-dealkylation sites (tertiary alicyclic amines) is 1. The summed E-state index contributed by atoms with van der Waals surface area (Å²) in [5.41, 5.74) is 2.41. The van der Waals surface area contributed by atoms with Crippen LogP contribution in [0.25, 0.3) is 10.9 Å². The molecule has 0 radical (unpaired) electrons. The van der Waals surface area contributed by atoms with Crippen LogP contribution < -0.4 is 4.74 Å². The second-order valence-electron chi connectivity index (χ2n) is 5.87. The molecule has 0 saturated carbocycles. The van der Waals surface area contributed by atoms with Gasteiger partial charge in [0.05, 0.1) is 11.7 Å². The summed E-state index contributed by atoms with van der Waals surface area (Å²) in [7, 11) is 0. The van der Waals surface area contributed by atoms with Crippen LogP contribution in [0.15, 0.2) is 54.7 Å². The number of ether oxygens (including phenoxy) is 1. The van der Waals surface area contributed by atoms with Gasteiger partial charge in [0.1, 0.15) is 11.9 Å². The average molecular weight is 293 g/mol. The van der Waals surface area contributed by atoms with Crippen molar-refractivity contribution in [3.05, 3.63) is 60.3 Å². The van der Waals surface area contributed by atoms with Crippen LogP contribution >= 0.6 is 0 Å². The normalized spacial score (nSPS) is 18.8. The zero-order chi connectivity index (χ0) is 14.8. The number of aromatic amines is 1. The molecule has 4 heteroatoms. The predicted molar refractivity (Wildman–Crippen MR) is 86.8 cm³/mol. The lowest BCUT2D eigenvalue weighted by molar-refractivity contribution is 0.198. The number of H-pyrrole nitrogens is 1. The van der Waals surface area contributed by atoms with E-state index in [1.165, 1.54) is 5.56 Å². The van der Waals surface area contributed by atoms with E-state index in [4.69, 9.17) is 4.74 Å². The summed E-state index contributed by atoms with van der Waals surface area (Å²) in [6, 6.07) is 16.7. The molecule has 3 aromatic rings. The Kier molecular flexibility index (Phi) is 3.52. The Labute approximate surface area is 129 Å². The number of aromatic nitrogens is 2. The maximum Gasteiger partial charge on any atom is 0.120 e. The number of hydrogen-bond acceptors (Lipinski definition) is 3. The van der Waals surface area contributed by atoms with Crippen LogP contribution in [0.1, 0.15) is 12.0 Å². The maximum atomic E-state index is 6.14. The Balaban J connectivity index is 1.38. The average Bonchev–Trinajstić information content (AvgIpc) is 3.17. The van der Waals surface area contributed by atoms with Crippen molar-refractivity contribution in [2.45, 2.75) is 19.1 Å². The first kappa shape index (κ1) is 13.3. The van der Waals surface area contributed by atoms with Crippen molar-refractivity contribution in [3.63, 3.8) is 0 Å². The van der Waals surface area contributed by atoms with E-state index in [1.54, 1.807) is 0 Å². The van der Waals surface area contributed by atoms with E-state index in [0.29, 0.717) is 0 Å². The van der Waals surface area contributed by atoms with Gasteiger partial charge < -0.3 is 4.74 Å². The van der Waals surface area contributed by atoms with Gasteiger partial charge in [-0.15, -0.1) is 0 Å². The molecule has 0 bridgehead atoms. The molecule has 112 valence electrons. The van der Waals surface area contributed by atoms with Crippen LogP contribution in [0, 0.1) is 0 Å². The minimum Gasteiger partial charge on any atom is -0.489 e. The van der Waals surface area contributed by atoms with Gasteiger partial charge in [0.25, 0.3) is 0 Å². The molecule has 0 aliphatic carbocycles. The second kappa shape index (κ2) is 5.81. The van der Waals surface area contributed by atoms with Crippen LogP contribution in [0.2, 0.25) is 0 Å². The van der Waals surface area contributed by atoms with Gasteiger partial charge in [-0.2, -0.15) is 5.10 Å². The molecule has 1 fully saturated rings. The summed E-state index contributed by atoms with van der Waals surface area (Å²) in [6.07, 6.45) is 3.18. The Bertz CT molecular complexity index is 753. The highest BCUT2D eigenvalue weighted by Gasteiger charge is 2.23. The van der Waals surface area contributed by atoms with E-state index in [2.05, 4.69) is 51.5 Å². The molecular formula is C18H19N3O. The Morgan fingerprint density at radius 3 is 3.00 bits per heavy atom. The van der Waals surface area contributed by atoms with Crippen LogP contribution in [0.3, 0.4) is 0 Å². The van der Waals surface area contributed by atoms with Gasteiger partial charge in [0, 0.05) is 25.0 Å². The third kappa shape index (κ3) is 2.83. The lowest BCUT2D eigenvalue weighted by Crippen LogP contribution is -2.24. The lowest BCUT2D eigenvalue weighted by Gasteiger charge is -2.17. The molecule has 0 amide bonds. The fraction of sp³-hybridized carbons (Fsp3) is 0.278. The van der Waals surface area contributed by atoms with Crippen LogP contribution in [-0.2, 0) is 6.54 Å². The van der Waals surface area contributed by atoms with Gasteiger partial charge in [-0.1, -0.05) is 30.3 Å². The minimum atomic E-state index is 0.271. The first-order valence-corrected chi connectivity index (χ1v) is 7.73. The topological polar surface area (TPSA) is 41.1 Å². The standard InChI is InChI=1S/C18H19N3O/c1-2-4-14(5-3-1)12-21-9-8-17(13-21)22-16-6-7-18-15(10-16)11-19-20-18/h1-7,10-11,17H,8-9,12-13H2,(H,19,20)/t17-/m1/s1. The SMILES string of the molecule is c1ccc(CN2CC[C@@H](Oc3ccc4[nH]ncc4c3)C2)cc1. The van der Waals surface area contributed by atoms with E-state index in [1.807, 2.05) is 18.3 Å². The van der Waals surface area contributed by atoms with Crippen molar-refractivity contribution in [1.29, 1.82) is 0 Å². The molecule has 1 aromatic heterocycles. The molecule has 2 aromatic carbocycles. The van der Waals surface area contributed by atoms with Gasteiger partial charge in [-0.3, -0.25) is 10.00 Å². The Hall–Kier alpha value is -2.33. The van der Waals surface area contributed by atoms with Crippen molar-refractivity contribution in [3.8, 4) is 5.75 Å². The number of rotatable bonds is 4. The molecule has 1 saturated heterocycles. The second-order valence-corrected chi connectivity index (χ2v) is 5.87. The first-order valence-electron chi connectivity index (χ1n) is 7.73. The summed E-state index contributed by atoms with van der Waals surface area (Å²) in [6.45, 7) is 3.08. The number of nitrogens with one attached hydrogen (secondary N) is 1. The van der Waals surface area contributed by atoms with E-state index in [9.17, 15) is 0 Å². The van der Waals surface area contributed by atoms with Crippen molar-refractivity contribution in [1.82, 2.24) is 15.1 Å². The summed E-state index contributed by atoms with van der Waals surface area (Å²) in [4.78, 5) is 2.45. The summed E-state index contributed by atoms with van der Waals surface area (Å²) >= 11 is 0. The minimum absolute atomic E-state index is 0.271. The Morgan fingerprint density at radius 1 is 1.18 bits per heavy atom. The molecule has 22 heavy (non-hydrogen) atoms. The van der Waals surface area contributed by atoms with Crippen LogP contribution in [0.4, 0.5) is 0 Å². The van der Waals surface area contributed by atoms with Gasteiger partial charge in [-0.05, 0) is 30.2 Å². The third-order valence-electron chi connectivity index (χ3n) is 4.19.